The van der Waals surface area contributed by atoms with Crippen molar-refractivity contribution in [1.29, 1.82) is 0 Å². The SMILES string of the molecule is CCCCCCCCCCCCC(CCCO[Si](C)C)C(Cl)Cl. The lowest BCUT2D eigenvalue weighted by atomic mass is 9.97. The zero-order valence-corrected chi connectivity index (χ0v) is 18.2. The molecular weight excluding hydrogens is 343 g/mol. The molecule has 0 aliphatic heterocycles. The van der Waals surface area contributed by atoms with E-state index in [1.165, 1.54) is 70.6 Å². The Labute approximate surface area is 157 Å². The van der Waals surface area contributed by atoms with Crippen molar-refractivity contribution in [3.63, 3.8) is 0 Å². The van der Waals surface area contributed by atoms with Gasteiger partial charge in [-0.25, -0.2) is 0 Å². The standard InChI is InChI=1S/C19H39Cl2OSi/c1-4-5-6-7-8-9-10-11-12-13-15-18(19(20)21)16-14-17-22-23(2)3/h18-19H,4-17H2,1-3H3. The Hall–Kier alpha value is 0.757. The lowest BCUT2D eigenvalue weighted by Gasteiger charge is -2.18. The van der Waals surface area contributed by atoms with Crippen LogP contribution in [0.3, 0.4) is 0 Å². The molecule has 0 aromatic carbocycles. The summed E-state index contributed by atoms with van der Waals surface area (Å²) in [6.07, 6.45) is 17.2. The van der Waals surface area contributed by atoms with Gasteiger partial charge in [-0.05, 0) is 38.3 Å². The van der Waals surface area contributed by atoms with Gasteiger partial charge < -0.3 is 4.43 Å². The number of hydrogen-bond donors (Lipinski definition) is 0. The average Bonchev–Trinajstić information content (AvgIpc) is 2.50. The van der Waals surface area contributed by atoms with Crippen molar-refractivity contribution in [2.75, 3.05) is 6.61 Å². The van der Waals surface area contributed by atoms with E-state index in [0.29, 0.717) is 5.92 Å². The van der Waals surface area contributed by atoms with E-state index in [1.807, 2.05) is 0 Å². The molecule has 0 aliphatic carbocycles. The summed E-state index contributed by atoms with van der Waals surface area (Å²) < 4.78 is 5.69. The zero-order chi connectivity index (χ0) is 17.3. The van der Waals surface area contributed by atoms with Crippen LogP contribution in [0.15, 0.2) is 0 Å². The largest absolute Gasteiger partial charge is 0.417 e. The summed E-state index contributed by atoms with van der Waals surface area (Å²) in [5, 5.41) is 0. The van der Waals surface area contributed by atoms with Gasteiger partial charge in [0.2, 0.25) is 9.04 Å². The van der Waals surface area contributed by atoms with Gasteiger partial charge in [0.05, 0.1) is 0 Å². The summed E-state index contributed by atoms with van der Waals surface area (Å²) in [5.41, 5.74) is 0. The Morgan fingerprint density at radius 2 is 1.22 bits per heavy atom. The molecule has 0 aromatic rings. The van der Waals surface area contributed by atoms with Crippen LogP contribution >= 0.6 is 23.2 Å². The highest BCUT2D eigenvalue weighted by atomic mass is 35.5. The third-order valence-electron chi connectivity index (χ3n) is 4.39. The topological polar surface area (TPSA) is 9.23 Å². The molecule has 0 amide bonds. The van der Waals surface area contributed by atoms with Crippen molar-refractivity contribution in [3.8, 4) is 0 Å². The summed E-state index contributed by atoms with van der Waals surface area (Å²) >= 11 is 12.3. The van der Waals surface area contributed by atoms with Crippen molar-refractivity contribution in [1.82, 2.24) is 0 Å². The fraction of sp³-hybridized carbons (Fsp3) is 1.00. The number of alkyl halides is 2. The lowest BCUT2D eigenvalue weighted by Crippen LogP contribution is -2.13. The molecule has 1 atom stereocenters. The Bertz CT molecular complexity index is 237. The monoisotopic (exact) mass is 381 g/mol. The Morgan fingerprint density at radius 1 is 0.739 bits per heavy atom. The third kappa shape index (κ3) is 17.4. The van der Waals surface area contributed by atoms with Gasteiger partial charge in [0.25, 0.3) is 0 Å². The fourth-order valence-corrected chi connectivity index (χ4v) is 3.97. The van der Waals surface area contributed by atoms with Crippen LogP contribution in [0.2, 0.25) is 13.1 Å². The number of unbranched alkanes of at least 4 members (excludes halogenated alkanes) is 9. The molecule has 0 saturated carbocycles. The van der Waals surface area contributed by atoms with Gasteiger partial charge in [0.15, 0.2) is 0 Å². The van der Waals surface area contributed by atoms with Gasteiger partial charge in [-0.1, -0.05) is 71.1 Å². The van der Waals surface area contributed by atoms with E-state index in [9.17, 15) is 0 Å². The van der Waals surface area contributed by atoms with E-state index in [4.69, 9.17) is 27.6 Å². The molecule has 0 heterocycles. The van der Waals surface area contributed by atoms with Crippen molar-refractivity contribution in [2.24, 2.45) is 5.92 Å². The summed E-state index contributed by atoms with van der Waals surface area (Å²) in [4.78, 5) is -0.221. The zero-order valence-electron chi connectivity index (χ0n) is 15.7. The second-order valence-electron chi connectivity index (χ2n) is 6.96. The third-order valence-corrected chi connectivity index (χ3v) is 5.89. The Balaban J connectivity index is 3.46. The minimum Gasteiger partial charge on any atom is -0.417 e. The molecule has 1 radical (unpaired) electrons. The molecule has 139 valence electrons. The highest BCUT2D eigenvalue weighted by Crippen LogP contribution is 2.26. The Kier molecular flexibility index (Phi) is 18.2. The first-order valence-electron chi connectivity index (χ1n) is 9.79. The van der Waals surface area contributed by atoms with E-state index in [2.05, 4.69) is 20.0 Å². The number of hydrogen-bond acceptors (Lipinski definition) is 1. The normalized spacial score (nSPS) is 13.2. The van der Waals surface area contributed by atoms with Gasteiger partial charge in [0, 0.05) is 6.61 Å². The second kappa shape index (κ2) is 17.6. The minimum atomic E-state index is -0.555. The van der Waals surface area contributed by atoms with Crippen molar-refractivity contribution in [2.45, 2.75) is 108 Å². The van der Waals surface area contributed by atoms with E-state index < -0.39 is 9.04 Å². The van der Waals surface area contributed by atoms with E-state index >= 15 is 0 Å². The smallest absolute Gasteiger partial charge is 0.204 e. The predicted octanol–water partition coefficient (Wildman–Crippen LogP) is 7.77. The Morgan fingerprint density at radius 3 is 1.70 bits per heavy atom. The van der Waals surface area contributed by atoms with Crippen LogP contribution in [0.5, 0.6) is 0 Å². The van der Waals surface area contributed by atoms with Crippen molar-refractivity contribution >= 4 is 32.2 Å². The molecule has 1 nitrogen and oxygen atoms in total. The van der Waals surface area contributed by atoms with Crippen molar-refractivity contribution in [3.05, 3.63) is 0 Å². The first-order chi connectivity index (χ1) is 11.1. The van der Waals surface area contributed by atoms with Crippen LogP contribution in [-0.2, 0) is 4.43 Å². The summed E-state index contributed by atoms with van der Waals surface area (Å²) in [7, 11) is -0.555. The molecule has 1 unspecified atom stereocenters. The van der Waals surface area contributed by atoms with Gasteiger partial charge in [-0.3, -0.25) is 0 Å². The van der Waals surface area contributed by atoms with E-state index in [1.54, 1.807) is 0 Å². The van der Waals surface area contributed by atoms with Gasteiger partial charge in [0.1, 0.15) is 4.84 Å². The van der Waals surface area contributed by atoms with E-state index in [-0.39, 0.29) is 4.84 Å². The predicted molar refractivity (Wildman–Crippen MR) is 108 cm³/mol. The molecule has 0 fully saturated rings. The van der Waals surface area contributed by atoms with Crippen LogP contribution in [-0.4, -0.2) is 20.5 Å². The number of rotatable bonds is 17. The molecule has 4 heteroatoms. The van der Waals surface area contributed by atoms with Crippen LogP contribution < -0.4 is 0 Å². The van der Waals surface area contributed by atoms with Gasteiger partial charge >= 0.3 is 0 Å². The average molecular weight is 383 g/mol. The summed E-state index contributed by atoms with van der Waals surface area (Å²) in [5.74, 6) is 0.445. The highest BCUT2D eigenvalue weighted by Gasteiger charge is 2.16. The molecule has 0 bridgehead atoms. The van der Waals surface area contributed by atoms with Gasteiger partial charge in [-0.15, -0.1) is 23.2 Å². The van der Waals surface area contributed by atoms with Crippen LogP contribution in [0.4, 0.5) is 0 Å². The second-order valence-corrected chi connectivity index (χ2v) is 10.2. The molecular formula is C19H39Cl2OSi. The molecule has 0 N–H and O–H groups in total. The fourth-order valence-electron chi connectivity index (χ4n) is 2.91. The molecule has 0 spiro atoms. The first-order valence-corrected chi connectivity index (χ1v) is 13.1. The lowest BCUT2D eigenvalue weighted by molar-refractivity contribution is 0.295. The van der Waals surface area contributed by atoms with Crippen molar-refractivity contribution < 1.29 is 4.43 Å². The summed E-state index contributed by atoms with van der Waals surface area (Å²) in [6, 6.07) is 0. The molecule has 0 aliphatic rings. The van der Waals surface area contributed by atoms with E-state index in [0.717, 1.165) is 19.4 Å². The molecule has 0 rings (SSSR count). The quantitative estimate of drug-likeness (QED) is 0.142. The van der Waals surface area contributed by atoms with Crippen LogP contribution in [0.1, 0.15) is 90.4 Å². The number of halogens is 2. The van der Waals surface area contributed by atoms with Crippen LogP contribution in [0.25, 0.3) is 0 Å². The summed E-state index contributed by atoms with van der Waals surface area (Å²) in [6.45, 7) is 7.50. The maximum absolute atomic E-state index is 6.14. The minimum absolute atomic E-state index is 0.221. The molecule has 0 saturated heterocycles. The molecule has 23 heavy (non-hydrogen) atoms. The maximum Gasteiger partial charge on any atom is 0.204 e. The first kappa shape index (κ1) is 23.8. The van der Waals surface area contributed by atoms with Gasteiger partial charge in [-0.2, -0.15) is 0 Å². The highest BCUT2D eigenvalue weighted by molar-refractivity contribution is 6.48. The maximum atomic E-state index is 6.14. The van der Waals surface area contributed by atoms with Crippen LogP contribution in [0, 0.1) is 5.92 Å². The molecule has 0 aromatic heterocycles.